The molecule has 0 fully saturated rings. The van der Waals surface area contributed by atoms with Gasteiger partial charge in [0.2, 0.25) is 5.91 Å². The molecule has 0 heterocycles. The monoisotopic (exact) mass is 325 g/mol. The van der Waals surface area contributed by atoms with Crippen LogP contribution >= 0.6 is 0 Å². The van der Waals surface area contributed by atoms with Gasteiger partial charge in [-0.25, -0.2) is 0 Å². The number of hydrogen-bond donors (Lipinski definition) is 3. The highest BCUT2D eigenvalue weighted by atomic mass is 16.2. The van der Waals surface area contributed by atoms with Gasteiger partial charge in [-0.15, -0.1) is 0 Å². The topological polar surface area (TPSA) is 84.2 Å². The number of rotatable bonds is 6. The number of nitrogens with one attached hydrogen (secondary N) is 2. The SMILES string of the molecule is Cc1ccc(NC(=O)c2ccccc2)cc1NC(=O)CCC(C)N. The molecule has 0 aromatic heterocycles. The highest BCUT2D eigenvalue weighted by Gasteiger charge is 2.09. The Morgan fingerprint density at radius 3 is 2.46 bits per heavy atom. The Morgan fingerprint density at radius 1 is 1.08 bits per heavy atom. The smallest absolute Gasteiger partial charge is 0.255 e. The van der Waals surface area contributed by atoms with Crippen molar-refractivity contribution in [3.05, 3.63) is 59.7 Å². The lowest BCUT2D eigenvalue weighted by atomic mass is 10.1. The van der Waals surface area contributed by atoms with Gasteiger partial charge >= 0.3 is 0 Å². The van der Waals surface area contributed by atoms with E-state index < -0.39 is 0 Å². The standard InChI is InChI=1S/C19H23N3O2/c1-13-8-10-16(21-19(24)15-6-4-3-5-7-15)12-17(13)22-18(23)11-9-14(2)20/h3-8,10,12,14H,9,11,20H2,1-2H3,(H,21,24)(H,22,23). The van der Waals surface area contributed by atoms with E-state index in [4.69, 9.17) is 5.73 Å². The Hall–Kier alpha value is -2.66. The van der Waals surface area contributed by atoms with Crippen molar-refractivity contribution in [3.63, 3.8) is 0 Å². The van der Waals surface area contributed by atoms with Crippen molar-refractivity contribution in [1.82, 2.24) is 0 Å². The summed E-state index contributed by atoms with van der Waals surface area (Å²) < 4.78 is 0. The maximum atomic E-state index is 12.2. The van der Waals surface area contributed by atoms with E-state index in [9.17, 15) is 9.59 Å². The minimum atomic E-state index is -0.186. The molecule has 0 saturated carbocycles. The lowest BCUT2D eigenvalue weighted by Gasteiger charge is -2.12. The van der Waals surface area contributed by atoms with Crippen LogP contribution in [-0.4, -0.2) is 17.9 Å². The molecular formula is C19H23N3O2. The molecular weight excluding hydrogens is 302 g/mol. The predicted molar refractivity (Wildman–Crippen MR) is 97.1 cm³/mol. The zero-order valence-electron chi connectivity index (χ0n) is 14.0. The first-order valence-electron chi connectivity index (χ1n) is 7.98. The second-order valence-corrected chi connectivity index (χ2v) is 5.91. The van der Waals surface area contributed by atoms with Gasteiger partial charge in [-0.1, -0.05) is 24.3 Å². The Bertz CT molecular complexity index is 712. The van der Waals surface area contributed by atoms with Crippen molar-refractivity contribution in [2.45, 2.75) is 32.7 Å². The molecule has 5 nitrogen and oxygen atoms in total. The summed E-state index contributed by atoms with van der Waals surface area (Å²) in [7, 11) is 0. The normalized spacial score (nSPS) is 11.6. The highest BCUT2D eigenvalue weighted by molar-refractivity contribution is 6.04. The number of aryl methyl sites for hydroxylation is 1. The highest BCUT2D eigenvalue weighted by Crippen LogP contribution is 2.21. The van der Waals surface area contributed by atoms with Gasteiger partial charge in [-0.2, -0.15) is 0 Å². The number of carbonyl (C=O) groups excluding carboxylic acids is 2. The minimum absolute atomic E-state index is 0.00616. The first-order valence-corrected chi connectivity index (χ1v) is 7.98. The Kier molecular flexibility index (Phi) is 6.09. The van der Waals surface area contributed by atoms with Crippen molar-refractivity contribution in [1.29, 1.82) is 0 Å². The molecule has 0 spiro atoms. The summed E-state index contributed by atoms with van der Waals surface area (Å²) in [5.41, 5.74) is 8.51. The molecule has 2 aromatic rings. The van der Waals surface area contributed by atoms with Crippen molar-refractivity contribution >= 4 is 23.2 Å². The Labute approximate surface area is 142 Å². The van der Waals surface area contributed by atoms with Gasteiger partial charge in [0.1, 0.15) is 0 Å². The number of benzene rings is 2. The molecule has 0 radical (unpaired) electrons. The van der Waals surface area contributed by atoms with E-state index in [2.05, 4.69) is 10.6 Å². The fourth-order valence-corrected chi connectivity index (χ4v) is 2.20. The summed E-state index contributed by atoms with van der Waals surface area (Å²) in [6.07, 6.45) is 1.01. The molecule has 5 heteroatoms. The number of amides is 2. The van der Waals surface area contributed by atoms with Crippen LogP contribution in [0.3, 0.4) is 0 Å². The lowest BCUT2D eigenvalue weighted by Crippen LogP contribution is -2.20. The molecule has 1 unspecified atom stereocenters. The fourth-order valence-electron chi connectivity index (χ4n) is 2.20. The molecule has 0 bridgehead atoms. The maximum absolute atomic E-state index is 12.2. The van der Waals surface area contributed by atoms with Gasteiger partial charge in [0, 0.05) is 29.4 Å². The summed E-state index contributed by atoms with van der Waals surface area (Å²) in [6, 6.07) is 14.4. The van der Waals surface area contributed by atoms with E-state index in [1.165, 1.54) is 0 Å². The third-order valence-electron chi connectivity index (χ3n) is 3.63. The molecule has 24 heavy (non-hydrogen) atoms. The zero-order chi connectivity index (χ0) is 17.5. The fraction of sp³-hybridized carbons (Fsp3) is 0.263. The lowest BCUT2D eigenvalue weighted by molar-refractivity contribution is -0.116. The van der Waals surface area contributed by atoms with Crippen LogP contribution in [0.4, 0.5) is 11.4 Å². The second-order valence-electron chi connectivity index (χ2n) is 5.91. The molecule has 0 aliphatic rings. The molecule has 0 aliphatic heterocycles. The quantitative estimate of drug-likeness (QED) is 0.762. The Morgan fingerprint density at radius 2 is 1.79 bits per heavy atom. The van der Waals surface area contributed by atoms with Crippen molar-refractivity contribution in [2.24, 2.45) is 5.73 Å². The first-order chi connectivity index (χ1) is 11.5. The molecule has 2 rings (SSSR count). The van der Waals surface area contributed by atoms with Crippen molar-refractivity contribution < 1.29 is 9.59 Å². The van der Waals surface area contributed by atoms with Crippen LogP contribution in [0.25, 0.3) is 0 Å². The average molecular weight is 325 g/mol. The van der Waals surface area contributed by atoms with Gasteiger partial charge in [0.25, 0.3) is 5.91 Å². The van der Waals surface area contributed by atoms with E-state index in [-0.39, 0.29) is 17.9 Å². The third kappa shape index (κ3) is 5.21. The summed E-state index contributed by atoms with van der Waals surface area (Å²) in [6.45, 7) is 3.78. The van der Waals surface area contributed by atoms with Crippen LogP contribution in [0.15, 0.2) is 48.5 Å². The van der Waals surface area contributed by atoms with E-state index >= 15 is 0 Å². The summed E-state index contributed by atoms with van der Waals surface area (Å²) in [5, 5.41) is 5.71. The van der Waals surface area contributed by atoms with Crippen LogP contribution in [0.5, 0.6) is 0 Å². The van der Waals surface area contributed by atoms with Gasteiger partial charge in [0.05, 0.1) is 0 Å². The second kappa shape index (κ2) is 8.26. The van der Waals surface area contributed by atoms with E-state index in [1.54, 1.807) is 18.2 Å². The molecule has 4 N–H and O–H groups in total. The Balaban J connectivity index is 2.05. The molecule has 2 amide bonds. The number of anilines is 2. The molecule has 126 valence electrons. The largest absolute Gasteiger partial charge is 0.328 e. The zero-order valence-corrected chi connectivity index (χ0v) is 14.0. The van der Waals surface area contributed by atoms with Crippen LogP contribution in [0.2, 0.25) is 0 Å². The summed E-state index contributed by atoms with van der Waals surface area (Å²) in [4.78, 5) is 24.2. The van der Waals surface area contributed by atoms with Crippen molar-refractivity contribution in [3.8, 4) is 0 Å². The molecule has 1 atom stereocenters. The molecule has 0 saturated heterocycles. The van der Waals surface area contributed by atoms with E-state index in [0.29, 0.717) is 29.8 Å². The van der Waals surface area contributed by atoms with Crippen molar-refractivity contribution in [2.75, 3.05) is 10.6 Å². The summed E-state index contributed by atoms with van der Waals surface area (Å²) >= 11 is 0. The van der Waals surface area contributed by atoms with Crippen LogP contribution in [0, 0.1) is 6.92 Å². The van der Waals surface area contributed by atoms with Gasteiger partial charge < -0.3 is 16.4 Å². The minimum Gasteiger partial charge on any atom is -0.328 e. The van der Waals surface area contributed by atoms with E-state index in [0.717, 1.165) is 5.56 Å². The maximum Gasteiger partial charge on any atom is 0.255 e. The third-order valence-corrected chi connectivity index (χ3v) is 3.63. The summed E-state index contributed by atoms with van der Waals surface area (Å²) in [5.74, 6) is -0.268. The van der Waals surface area contributed by atoms with E-state index in [1.807, 2.05) is 44.2 Å². The predicted octanol–water partition coefficient (Wildman–Crippen LogP) is 3.31. The van der Waals surface area contributed by atoms with Gasteiger partial charge in [-0.3, -0.25) is 9.59 Å². The van der Waals surface area contributed by atoms with Crippen LogP contribution in [-0.2, 0) is 4.79 Å². The van der Waals surface area contributed by atoms with Crippen LogP contribution < -0.4 is 16.4 Å². The number of carbonyl (C=O) groups is 2. The number of hydrogen-bond acceptors (Lipinski definition) is 3. The number of nitrogens with two attached hydrogens (primary N) is 1. The molecule has 2 aromatic carbocycles. The average Bonchev–Trinajstić information content (AvgIpc) is 2.57. The van der Waals surface area contributed by atoms with Gasteiger partial charge in [0.15, 0.2) is 0 Å². The first kappa shape index (κ1) is 17.7. The van der Waals surface area contributed by atoms with Gasteiger partial charge in [-0.05, 0) is 50.1 Å². The van der Waals surface area contributed by atoms with Crippen LogP contribution in [0.1, 0.15) is 35.7 Å². The molecule has 0 aliphatic carbocycles.